The first kappa shape index (κ1) is 22.1. The molecule has 0 aliphatic carbocycles. The highest BCUT2D eigenvalue weighted by Crippen LogP contribution is 2.25. The average molecular weight is 451 g/mol. The Bertz CT molecular complexity index is 1030. The number of ether oxygens (including phenoxy) is 1. The summed E-state index contributed by atoms with van der Waals surface area (Å²) in [6, 6.07) is 18.7. The Kier molecular flexibility index (Phi) is 7.22. The summed E-state index contributed by atoms with van der Waals surface area (Å²) in [7, 11) is 0. The van der Waals surface area contributed by atoms with Gasteiger partial charge in [0.2, 0.25) is 0 Å². The second-order valence-corrected chi connectivity index (χ2v) is 8.34. The van der Waals surface area contributed by atoms with Crippen molar-refractivity contribution in [3.63, 3.8) is 0 Å². The van der Waals surface area contributed by atoms with Crippen molar-refractivity contribution in [2.24, 2.45) is 0 Å². The van der Waals surface area contributed by atoms with Crippen LogP contribution < -0.4 is 15.0 Å². The molecule has 1 fully saturated rings. The monoisotopic (exact) mass is 450 g/mol. The lowest BCUT2D eigenvalue weighted by molar-refractivity contribution is -0.122. The molecule has 1 amide bonds. The van der Waals surface area contributed by atoms with E-state index in [1.165, 1.54) is 25.7 Å². The molecule has 32 heavy (non-hydrogen) atoms. The molecular weight excluding hydrogens is 424 g/mol. The number of hydrogen-bond donors (Lipinski definition) is 1. The van der Waals surface area contributed by atoms with Gasteiger partial charge in [0.05, 0.1) is 10.7 Å². The van der Waals surface area contributed by atoms with E-state index in [0.717, 1.165) is 30.2 Å². The fraction of sp³-hybridized carbons (Fsp3) is 0.320. The maximum atomic E-state index is 12.5. The summed E-state index contributed by atoms with van der Waals surface area (Å²) in [6.45, 7) is 3.77. The van der Waals surface area contributed by atoms with Crippen LogP contribution in [0, 0.1) is 0 Å². The molecule has 3 aromatic rings. The molecule has 0 spiro atoms. The van der Waals surface area contributed by atoms with Gasteiger partial charge < -0.3 is 15.0 Å². The summed E-state index contributed by atoms with van der Waals surface area (Å²) >= 11 is 6.10. The van der Waals surface area contributed by atoms with Crippen molar-refractivity contribution in [1.29, 1.82) is 0 Å². The largest absolute Gasteiger partial charge is 0.479 e. The van der Waals surface area contributed by atoms with Gasteiger partial charge in [-0.3, -0.25) is 4.79 Å². The average Bonchev–Trinajstić information content (AvgIpc) is 3.11. The van der Waals surface area contributed by atoms with E-state index in [9.17, 15) is 4.79 Å². The van der Waals surface area contributed by atoms with Crippen molar-refractivity contribution < 1.29 is 9.53 Å². The van der Waals surface area contributed by atoms with Crippen LogP contribution in [0.2, 0.25) is 5.02 Å². The molecule has 1 aliphatic heterocycles. The molecule has 1 N–H and O–H groups in total. The maximum Gasteiger partial charge on any atom is 0.265 e. The van der Waals surface area contributed by atoms with Gasteiger partial charge in [0, 0.05) is 24.3 Å². The first-order valence-electron chi connectivity index (χ1n) is 11.0. The predicted molar refractivity (Wildman–Crippen MR) is 128 cm³/mol. The number of benzene rings is 2. The lowest BCUT2D eigenvalue weighted by Crippen LogP contribution is -2.30. The number of carbonyl (C=O) groups excluding carboxylic acids is 1. The molecule has 0 saturated carbocycles. The molecule has 2 heterocycles. The zero-order valence-corrected chi connectivity index (χ0v) is 18.9. The highest BCUT2D eigenvalue weighted by atomic mass is 35.5. The van der Waals surface area contributed by atoms with Gasteiger partial charge in [-0.1, -0.05) is 48.7 Å². The van der Waals surface area contributed by atoms with E-state index in [1.807, 2.05) is 48.5 Å². The molecule has 1 unspecified atom stereocenters. The Labute approximate surface area is 193 Å². The first-order chi connectivity index (χ1) is 15.6. The van der Waals surface area contributed by atoms with Gasteiger partial charge in [-0.2, -0.15) is 0 Å². The van der Waals surface area contributed by atoms with Gasteiger partial charge in [0.15, 0.2) is 11.9 Å². The van der Waals surface area contributed by atoms with Crippen LogP contribution in [0.3, 0.4) is 0 Å². The van der Waals surface area contributed by atoms with Gasteiger partial charge in [-0.05, 0) is 56.2 Å². The van der Waals surface area contributed by atoms with Crippen molar-refractivity contribution >= 4 is 29.0 Å². The molecule has 1 saturated heterocycles. The molecule has 1 atom stereocenters. The third-order valence-electron chi connectivity index (χ3n) is 5.54. The van der Waals surface area contributed by atoms with Crippen LogP contribution in [-0.4, -0.2) is 35.3 Å². The smallest absolute Gasteiger partial charge is 0.265 e. The van der Waals surface area contributed by atoms with Gasteiger partial charge in [-0.15, -0.1) is 10.2 Å². The summed E-state index contributed by atoms with van der Waals surface area (Å²) in [5.74, 6) is 1.17. The van der Waals surface area contributed by atoms with Crippen LogP contribution >= 0.6 is 11.6 Å². The number of hydrogen-bond acceptors (Lipinski definition) is 5. The van der Waals surface area contributed by atoms with Gasteiger partial charge in [0.1, 0.15) is 5.75 Å². The molecule has 0 radical (unpaired) electrons. The Morgan fingerprint density at radius 1 is 0.969 bits per heavy atom. The number of para-hydroxylation sites is 1. The Balaban J connectivity index is 1.36. The van der Waals surface area contributed by atoms with Crippen molar-refractivity contribution in [2.75, 3.05) is 23.3 Å². The number of rotatable bonds is 6. The predicted octanol–water partition coefficient (Wildman–Crippen LogP) is 5.58. The maximum absolute atomic E-state index is 12.5. The molecule has 166 valence electrons. The zero-order chi connectivity index (χ0) is 22.3. The Morgan fingerprint density at radius 3 is 2.34 bits per heavy atom. The van der Waals surface area contributed by atoms with E-state index in [0.29, 0.717) is 16.5 Å². The molecule has 6 nitrogen and oxygen atoms in total. The second-order valence-electron chi connectivity index (χ2n) is 7.94. The summed E-state index contributed by atoms with van der Waals surface area (Å²) in [4.78, 5) is 14.8. The number of nitrogens with zero attached hydrogens (tertiary/aromatic N) is 3. The van der Waals surface area contributed by atoms with E-state index in [4.69, 9.17) is 16.3 Å². The first-order valence-corrected chi connectivity index (χ1v) is 11.4. The number of nitrogens with one attached hydrogen (secondary N) is 1. The van der Waals surface area contributed by atoms with E-state index in [2.05, 4.69) is 20.4 Å². The minimum Gasteiger partial charge on any atom is -0.479 e. The van der Waals surface area contributed by atoms with Gasteiger partial charge in [0.25, 0.3) is 5.91 Å². The number of aromatic nitrogens is 2. The topological polar surface area (TPSA) is 67.3 Å². The summed E-state index contributed by atoms with van der Waals surface area (Å²) in [5, 5.41) is 12.2. The minimum atomic E-state index is -0.688. The Morgan fingerprint density at radius 2 is 1.69 bits per heavy atom. The number of anilines is 2. The molecule has 1 aromatic heterocycles. The van der Waals surface area contributed by atoms with Crippen molar-refractivity contribution in [3.05, 3.63) is 65.7 Å². The normalized spacial score (nSPS) is 15.0. The fourth-order valence-electron chi connectivity index (χ4n) is 3.70. The molecule has 4 rings (SSSR count). The van der Waals surface area contributed by atoms with E-state index in [-0.39, 0.29) is 5.91 Å². The molecule has 2 aromatic carbocycles. The Hall–Kier alpha value is -3.12. The van der Waals surface area contributed by atoms with Gasteiger partial charge >= 0.3 is 0 Å². The molecular formula is C25H27ClN4O2. The highest BCUT2D eigenvalue weighted by molar-refractivity contribution is 6.32. The number of halogens is 1. The lowest BCUT2D eigenvalue weighted by Gasteiger charge is -2.20. The van der Waals surface area contributed by atoms with Crippen LogP contribution in [0.4, 0.5) is 11.5 Å². The summed E-state index contributed by atoms with van der Waals surface area (Å²) < 4.78 is 5.67. The second kappa shape index (κ2) is 10.5. The molecule has 1 aliphatic rings. The quantitative estimate of drug-likeness (QED) is 0.530. The minimum absolute atomic E-state index is 0.251. The van der Waals surface area contributed by atoms with Crippen LogP contribution in [0.25, 0.3) is 11.3 Å². The number of carbonyl (C=O) groups is 1. The molecule has 7 heteroatoms. The number of amides is 1. The third-order valence-corrected chi connectivity index (χ3v) is 5.85. The SMILES string of the molecule is CC(Oc1ccccc1Cl)C(=O)Nc1ccc(-c2ccc(N3CCCCCC3)nn2)cc1. The summed E-state index contributed by atoms with van der Waals surface area (Å²) in [5.41, 5.74) is 2.43. The van der Waals surface area contributed by atoms with Crippen LogP contribution in [0.5, 0.6) is 5.75 Å². The van der Waals surface area contributed by atoms with Crippen molar-refractivity contribution in [1.82, 2.24) is 10.2 Å². The van der Waals surface area contributed by atoms with Crippen LogP contribution in [-0.2, 0) is 4.79 Å². The van der Waals surface area contributed by atoms with E-state index >= 15 is 0 Å². The lowest BCUT2D eigenvalue weighted by atomic mass is 10.1. The van der Waals surface area contributed by atoms with Gasteiger partial charge in [-0.25, -0.2) is 0 Å². The standard InChI is InChI=1S/C25H27ClN4O2/c1-18(32-23-9-5-4-8-21(23)26)25(31)27-20-12-10-19(11-13-20)22-14-15-24(29-28-22)30-16-6-2-3-7-17-30/h4-5,8-15,18H,2-3,6-7,16-17H2,1H3,(H,27,31). The highest BCUT2D eigenvalue weighted by Gasteiger charge is 2.16. The zero-order valence-electron chi connectivity index (χ0n) is 18.1. The molecule has 0 bridgehead atoms. The van der Waals surface area contributed by atoms with Crippen LogP contribution in [0.15, 0.2) is 60.7 Å². The van der Waals surface area contributed by atoms with E-state index < -0.39 is 6.10 Å². The fourth-order valence-corrected chi connectivity index (χ4v) is 3.88. The van der Waals surface area contributed by atoms with E-state index in [1.54, 1.807) is 19.1 Å². The summed E-state index contributed by atoms with van der Waals surface area (Å²) in [6.07, 6.45) is 4.30. The van der Waals surface area contributed by atoms with Crippen LogP contribution in [0.1, 0.15) is 32.6 Å². The third kappa shape index (κ3) is 5.56. The van der Waals surface area contributed by atoms with Crippen molar-refractivity contribution in [3.8, 4) is 17.0 Å². The van der Waals surface area contributed by atoms with Crippen molar-refractivity contribution in [2.45, 2.75) is 38.7 Å².